The number of hydrogen-bond donors (Lipinski definition) is 2. The Morgan fingerprint density at radius 2 is 2.24 bits per heavy atom. The number of rotatable bonds is 3. The van der Waals surface area contributed by atoms with Gasteiger partial charge in [-0.15, -0.1) is 0 Å². The first-order valence-corrected chi connectivity index (χ1v) is 6.02. The van der Waals surface area contributed by atoms with E-state index in [2.05, 4.69) is 10.3 Å². The third kappa shape index (κ3) is 3.27. The van der Waals surface area contributed by atoms with Gasteiger partial charge in [-0.05, 0) is 37.5 Å². The lowest BCUT2D eigenvalue weighted by atomic mass is 9.98. The van der Waals surface area contributed by atoms with Gasteiger partial charge in [0.15, 0.2) is 0 Å². The van der Waals surface area contributed by atoms with Gasteiger partial charge in [-0.2, -0.15) is 0 Å². The van der Waals surface area contributed by atoms with Crippen molar-refractivity contribution in [1.82, 2.24) is 4.98 Å². The van der Waals surface area contributed by atoms with Gasteiger partial charge in [0.2, 0.25) is 5.91 Å². The minimum absolute atomic E-state index is 0.160. The van der Waals surface area contributed by atoms with Gasteiger partial charge < -0.3 is 10.4 Å². The molecule has 2 rings (SSSR count). The summed E-state index contributed by atoms with van der Waals surface area (Å²) in [7, 11) is 0. The monoisotopic (exact) mass is 234 g/mol. The summed E-state index contributed by atoms with van der Waals surface area (Å²) in [6.45, 7) is 1.95. The summed E-state index contributed by atoms with van der Waals surface area (Å²) in [6.07, 6.45) is 5.29. The summed E-state index contributed by atoms with van der Waals surface area (Å²) in [5.41, 5.74) is 0.253. The Bertz CT molecular complexity index is 412. The molecule has 1 aliphatic rings. The number of hydrogen-bond acceptors (Lipinski definition) is 3. The third-order valence-electron chi connectivity index (χ3n) is 3.21. The van der Waals surface area contributed by atoms with Crippen molar-refractivity contribution >= 4 is 11.7 Å². The van der Waals surface area contributed by atoms with Crippen LogP contribution in [0, 0.1) is 6.92 Å². The van der Waals surface area contributed by atoms with Crippen molar-refractivity contribution in [3.05, 3.63) is 23.9 Å². The molecule has 1 aromatic heterocycles. The topological polar surface area (TPSA) is 62.2 Å². The molecule has 0 saturated heterocycles. The Balaban J connectivity index is 1.93. The van der Waals surface area contributed by atoms with Crippen LogP contribution in [0.25, 0.3) is 0 Å². The molecule has 0 aromatic carbocycles. The van der Waals surface area contributed by atoms with E-state index >= 15 is 0 Å². The summed E-state index contributed by atoms with van der Waals surface area (Å²) >= 11 is 0. The number of anilines is 1. The van der Waals surface area contributed by atoms with Crippen LogP contribution >= 0.6 is 0 Å². The number of aryl methyl sites for hydroxylation is 1. The van der Waals surface area contributed by atoms with Crippen LogP contribution in [0.1, 0.15) is 37.7 Å². The Morgan fingerprint density at radius 1 is 1.53 bits per heavy atom. The maximum Gasteiger partial charge on any atom is 0.228 e. The van der Waals surface area contributed by atoms with Crippen LogP contribution in [0.3, 0.4) is 0 Å². The fourth-order valence-electron chi connectivity index (χ4n) is 2.30. The van der Waals surface area contributed by atoms with Gasteiger partial charge in [0.25, 0.3) is 0 Å². The molecule has 1 saturated carbocycles. The highest BCUT2D eigenvalue weighted by atomic mass is 16.3. The van der Waals surface area contributed by atoms with E-state index in [-0.39, 0.29) is 12.3 Å². The summed E-state index contributed by atoms with van der Waals surface area (Å²) < 4.78 is 0. The molecule has 0 unspecified atom stereocenters. The van der Waals surface area contributed by atoms with Gasteiger partial charge in [-0.25, -0.2) is 4.98 Å². The molecule has 4 nitrogen and oxygen atoms in total. The van der Waals surface area contributed by atoms with Gasteiger partial charge in [-0.1, -0.05) is 12.8 Å². The molecule has 1 amide bonds. The van der Waals surface area contributed by atoms with Crippen LogP contribution in [0.2, 0.25) is 0 Å². The minimum Gasteiger partial charge on any atom is -0.389 e. The van der Waals surface area contributed by atoms with Crippen LogP contribution in [-0.2, 0) is 4.79 Å². The highest BCUT2D eigenvalue weighted by molar-refractivity contribution is 5.90. The number of nitrogens with zero attached hydrogens (tertiary/aromatic N) is 1. The van der Waals surface area contributed by atoms with Crippen LogP contribution in [0.15, 0.2) is 18.3 Å². The number of pyridine rings is 1. The Labute approximate surface area is 101 Å². The number of carbonyl (C=O) groups excluding carboxylic acids is 1. The fraction of sp³-hybridized carbons (Fsp3) is 0.538. The van der Waals surface area contributed by atoms with Crippen LogP contribution in [-0.4, -0.2) is 21.6 Å². The third-order valence-corrected chi connectivity index (χ3v) is 3.21. The first-order chi connectivity index (χ1) is 8.07. The van der Waals surface area contributed by atoms with Gasteiger partial charge in [-0.3, -0.25) is 4.79 Å². The van der Waals surface area contributed by atoms with Crippen molar-refractivity contribution in [2.24, 2.45) is 0 Å². The second-order valence-corrected chi connectivity index (χ2v) is 4.87. The molecule has 92 valence electrons. The zero-order chi connectivity index (χ0) is 12.3. The molecule has 0 radical (unpaired) electrons. The smallest absolute Gasteiger partial charge is 0.228 e. The van der Waals surface area contributed by atoms with Crippen LogP contribution in [0.5, 0.6) is 0 Å². The lowest BCUT2D eigenvalue weighted by molar-refractivity contribution is -0.120. The molecule has 0 atom stereocenters. The number of aliphatic hydroxyl groups is 1. The molecule has 1 aliphatic carbocycles. The van der Waals surface area contributed by atoms with Gasteiger partial charge in [0.1, 0.15) is 5.82 Å². The average molecular weight is 234 g/mol. The maximum absolute atomic E-state index is 11.8. The molecule has 0 bridgehead atoms. The fourth-order valence-corrected chi connectivity index (χ4v) is 2.30. The number of nitrogens with one attached hydrogen (secondary N) is 1. The quantitative estimate of drug-likeness (QED) is 0.841. The molecule has 2 N–H and O–H groups in total. The largest absolute Gasteiger partial charge is 0.389 e. The van der Waals surface area contributed by atoms with Crippen molar-refractivity contribution in [2.45, 2.75) is 44.6 Å². The van der Waals surface area contributed by atoms with E-state index in [4.69, 9.17) is 0 Å². The molecule has 1 heterocycles. The second-order valence-electron chi connectivity index (χ2n) is 4.87. The summed E-state index contributed by atoms with van der Waals surface area (Å²) in [5.74, 6) is 0.393. The molecule has 4 heteroatoms. The molecular formula is C13H18N2O2. The SMILES string of the molecule is Cc1ccnc(NC(=O)CC2(O)CCCC2)c1. The van der Waals surface area contributed by atoms with Gasteiger partial charge >= 0.3 is 0 Å². The van der Waals surface area contributed by atoms with Crippen molar-refractivity contribution in [3.8, 4) is 0 Å². The van der Waals surface area contributed by atoms with Crippen molar-refractivity contribution in [3.63, 3.8) is 0 Å². The predicted molar refractivity (Wildman–Crippen MR) is 65.6 cm³/mol. The number of amides is 1. The molecule has 1 aromatic rings. The molecular weight excluding hydrogens is 216 g/mol. The summed E-state index contributed by atoms with van der Waals surface area (Å²) in [4.78, 5) is 15.8. The van der Waals surface area contributed by atoms with E-state index in [1.807, 2.05) is 19.1 Å². The molecule has 17 heavy (non-hydrogen) atoms. The zero-order valence-electron chi connectivity index (χ0n) is 10.1. The number of aromatic nitrogens is 1. The molecule has 0 aliphatic heterocycles. The Morgan fingerprint density at radius 3 is 2.88 bits per heavy atom. The van der Waals surface area contributed by atoms with E-state index in [0.717, 1.165) is 31.2 Å². The second kappa shape index (κ2) is 4.84. The normalized spacial score (nSPS) is 18.0. The van der Waals surface area contributed by atoms with E-state index < -0.39 is 5.60 Å². The van der Waals surface area contributed by atoms with Crippen molar-refractivity contribution in [2.75, 3.05) is 5.32 Å². The Kier molecular flexibility index (Phi) is 3.43. The van der Waals surface area contributed by atoms with E-state index in [9.17, 15) is 9.90 Å². The van der Waals surface area contributed by atoms with Gasteiger partial charge in [0, 0.05) is 6.20 Å². The minimum atomic E-state index is -0.798. The molecule has 0 spiro atoms. The highest BCUT2D eigenvalue weighted by Gasteiger charge is 2.33. The first kappa shape index (κ1) is 12.0. The number of carbonyl (C=O) groups is 1. The van der Waals surface area contributed by atoms with Crippen molar-refractivity contribution < 1.29 is 9.90 Å². The molecule has 1 fully saturated rings. The van der Waals surface area contributed by atoms with E-state index in [1.165, 1.54) is 0 Å². The Hall–Kier alpha value is -1.42. The van der Waals surface area contributed by atoms with E-state index in [0.29, 0.717) is 5.82 Å². The lowest BCUT2D eigenvalue weighted by Gasteiger charge is -2.20. The highest BCUT2D eigenvalue weighted by Crippen LogP contribution is 2.32. The lowest BCUT2D eigenvalue weighted by Crippen LogP contribution is -2.30. The van der Waals surface area contributed by atoms with Crippen LogP contribution in [0.4, 0.5) is 5.82 Å². The van der Waals surface area contributed by atoms with E-state index in [1.54, 1.807) is 6.20 Å². The zero-order valence-corrected chi connectivity index (χ0v) is 10.1. The maximum atomic E-state index is 11.8. The predicted octanol–water partition coefficient (Wildman–Crippen LogP) is 2.02. The first-order valence-electron chi connectivity index (χ1n) is 6.02. The summed E-state index contributed by atoms with van der Waals surface area (Å²) in [6, 6.07) is 3.69. The average Bonchev–Trinajstić information content (AvgIpc) is 2.64. The summed E-state index contributed by atoms with van der Waals surface area (Å²) in [5, 5.41) is 12.8. The van der Waals surface area contributed by atoms with Gasteiger partial charge in [0.05, 0.1) is 12.0 Å². The van der Waals surface area contributed by atoms with Crippen LogP contribution < -0.4 is 5.32 Å². The standard InChI is InChI=1S/C13H18N2O2/c1-10-4-7-14-11(8-10)15-12(16)9-13(17)5-2-3-6-13/h4,7-8,17H,2-3,5-6,9H2,1H3,(H,14,15,16). The van der Waals surface area contributed by atoms with Crippen molar-refractivity contribution in [1.29, 1.82) is 0 Å².